The van der Waals surface area contributed by atoms with E-state index in [2.05, 4.69) is 9.71 Å². The Labute approximate surface area is 112 Å². The first-order valence-corrected chi connectivity index (χ1v) is 7.73. The zero-order chi connectivity index (χ0) is 13.3. The molecule has 18 heavy (non-hydrogen) atoms. The molecular weight excluding hydrogens is 272 g/mol. The Bertz CT molecular complexity index is 581. The van der Waals surface area contributed by atoms with Crippen LogP contribution >= 0.6 is 11.6 Å². The van der Waals surface area contributed by atoms with E-state index in [-0.39, 0.29) is 16.9 Å². The number of hydrogen-bond donors (Lipinski definition) is 1. The van der Waals surface area contributed by atoms with E-state index in [1.807, 2.05) is 13.8 Å². The minimum atomic E-state index is -3.46. The molecule has 1 N–H and O–H groups in total. The Morgan fingerprint density at radius 2 is 2.00 bits per heavy atom. The number of nitrogens with zero attached hydrogens (tertiary/aromatic N) is 1. The largest absolute Gasteiger partial charge is 0.263 e. The van der Waals surface area contributed by atoms with Gasteiger partial charge in [-0.3, -0.25) is 9.71 Å². The van der Waals surface area contributed by atoms with E-state index in [1.54, 1.807) is 24.3 Å². The van der Waals surface area contributed by atoms with Crippen molar-refractivity contribution in [3.8, 4) is 0 Å². The van der Waals surface area contributed by atoms with E-state index in [0.29, 0.717) is 17.3 Å². The molecule has 0 radical (unpaired) electrons. The standard InChI is InChI=1S/C12H15ClN2O2S/c1-8(2)10(7-13)14-12-9-5-3-4-6-11(9)18(16,17)15-12/h3-6,8,10H,7H2,1-2H3,(H,14,15). The van der Waals surface area contributed by atoms with E-state index in [4.69, 9.17) is 11.6 Å². The molecule has 2 rings (SSSR count). The van der Waals surface area contributed by atoms with Crippen LogP contribution in [0.3, 0.4) is 0 Å². The van der Waals surface area contributed by atoms with Gasteiger partial charge in [-0.2, -0.15) is 0 Å². The van der Waals surface area contributed by atoms with Gasteiger partial charge in [0, 0.05) is 11.4 Å². The lowest BCUT2D eigenvalue weighted by molar-refractivity contribution is 0.535. The van der Waals surface area contributed by atoms with Crippen molar-refractivity contribution < 1.29 is 8.42 Å². The summed E-state index contributed by atoms with van der Waals surface area (Å²) in [7, 11) is -3.46. The van der Waals surface area contributed by atoms with Gasteiger partial charge in [0.1, 0.15) is 5.84 Å². The van der Waals surface area contributed by atoms with Gasteiger partial charge in [0.25, 0.3) is 10.0 Å². The van der Waals surface area contributed by atoms with E-state index in [0.717, 1.165) is 0 Å². The number of aliphatic imine (C=N–C) groups is 1. The van der Waals surface area contributed by atoms with Crippen LogP contribution in [0.25, 0.3) is 0 Å². The molecule has 1 aromatic carbocycles. The van der Waals surface area contributed by atoms with Crippen molar-refractivity contribution in [3.63, 3.8) is 0 Å². The van der Waals surface area contributed by atoms with Crippen molar-refractivity contribution in [1.29, 1.82) is 0 Å². The van der Waals surface area contributed by atoms with Crippen LogP contribution in [-0.4, -0.2) is 26.2 Å². The highest BCUT2D eigenvalue weighted by Gasteiger charge is 2.30. The molecule has 0 spiro atoms. The SMILES string of the molecule is CC(C)C(CCl)N=C1NS(=O)(=O)c2ccccc21. The molecule has 1 aliphatic rings. The lowest BCUT2D eigenvalue weighted by atomic mass is 10.1. The third kappa shape index (κ3) is 2.37. The van der Waals surface area contributed by atoms with E-state index in [9.17, 15) is 8.42 Å². The molecule has 0 saturated carbocycles. The third-order valence-electron chi connectivity index (χ3n) is 2.89. The summed E-state index contributed by atoms with van der Waals surface area (Å²) in [4.78, 5) is 4.70. The molecule has 4 nitrogen and oxygen atoms in total. The smallest absolute Gasteiger partial charge is 0.263 e. The second kappa shape index (κ2) is 4.90. The average molecular weight is 287 g/mol. The quantitative estimate of drug-likeness (QED) is 0.864. The second-order valence-electron chi connectivity index (χ2n) is 4.55. The minimum absolute atomic E-state index is 0.101. The first-order chi connectivity index (χ1) is 8.45. The van der Waals surface area contributed by atoms with Crippen LogP contribution in [0.15, 0.2) is 34.2 Å². The predicted octanol–water partition coefficient (Wildman–Crippen LogP) is 1.99. The van der Waals surface area contributed by atoms with Crippen LogP contribution in [0.2, 0.25) is 0 Å². The maximum atomic E-state index is 11.9. The van der Waals surface area contributed by atoms with Gasteiger partial charge in [-0.25, -0.2) is 8.42 Å². The molecule has 1 unspecified atom stereocenters. The van der Waals surface area contributed by atoms with Gasteiger partial charge in [0.2, 0.25) is 0 Å². The molecule has 98 valence electrons. The van der Waals surface area contributed by atoms with Crippen LogP contribution in [0.4, 0.5) is 0 Å². The van der Waals surface area contributed by atoms with Gasteiger partial charge in [-0.1, -0.05) is 26.0 Å². The lowest BCUT2D eigenvalue weighted by Crippen LogP contribution is -2.26. The van der Waals surface area contributed by atoms with Crippen LogP contribution in [0.1, 0.15) is 19.4 Å². The van der Waals surface area contributed by atoms with Crippen molar-refractivity contribution >= 4 is 27.5 Å². The maximum Gasteiger partial charge on any atom is 0.263 e. The molecule has 0 aliphatic carbocycles. The number of sulfonamides is 1. The van der Waals surface area contributed by atoms with Crippen LogP contribution in [0, 0.1) is 5.92 Å². The molecule has 0 fully saturated rings. The normalized spacial score (nSPS) is 20.8. The monoisotopic (exact) mass is 286 g/mol. The van der Waals surface area contributed by atoms with E-state index >= 15 is 0 Å². The summed E-state index contributed by atoms with van der Waals surface area (Å²) in [6.07, 6.45) is 0. The Morgan fingerprint density at radius 3 is 2.61 bits per heavy atom. The predicted molar refractivity (Wildman–Crippen MR) is 72.6 cm³/mol. The molecule has 1 heterocycles. The molecule has 0 bridgehead atoms. The number of rotatable bonds is 3. The Morgan fingerprint density at radius 1 is 1.33 bits per heavy atom. The van der Waals surface area contributed by atoms with Crippen molar-refractivity contribution in [1.82, 2.24) is 4.72 Å². The average Bonchev–Trinajstić information content (AvgIpc) is 2.58. The first kappa shape index (κ1) is 13.4. The fourth-order valence-electron chi connectivity index (χ4n) is 1.76. The Hall–Kier alpha value is -1.07. The highest BCUT2D eigenvalue weighted by Crippen LogP contribution is 2.23. The van der Waals surface area contributed by atoms with Gasteiger partial charge in [-0.15, -0.1) is 11.6 Å². The zero-order valence-electron chi connectivity index (χ0n) is 10.2. The van der Waals surface area contributed by atoms with Gasteiger partial charge in [0.05, 0.1) is 10.9 Å². The molecule has 0 aromatic heterocycles. The summed E-state index contributed by atoms with van der Waals surface area (Å²) >= 11 is 5.85. The highest BCUT2D eigenvalue weighted by atomic mass is 35.5. The maximum absolute atomic E-state index is 11.9. The summed E-state index contributed by atoms with van der Waals surface area (Å²) in [6.45, 7) is 4.01. The lowest BCUT2D eigenvalue weighted by Gasteiger charge is -2.13. The third-order valence-corrected chi connectivity index (χ3v) is 4.60. The molecule has 1 atom stereocenters. The summed E-state index contributed by atoms with van der Waals surface area (Å²) in [6, 6.07) is 6.71. The molecule has 0 saturated heterocycles. The summed E-state index contributed by atoms with van der Waals surface area (Å²) in [5.74, 6) is 1.02. The number of fused-ring (bicyclic) bond motifs is 1. The Balaban J connectivity index is 2.48. The van der Waals surface area contributed by atoms with Gasteiger partial charge in [0.15, 0.2) is 0 Å². The highest BCUT2D eigenvalue weighted by molar-refractivity contribution is 7.90. The second-order valence-corrected chi connectivity index (χ2v) is 6.50. The summed E-state index contributed by atoms with van der Waals surface area (Å²) in [5.41, 5.74) is 0.619. The topological polar surface area (TPSA) is 58.5 Å². The molecule has 1 aliphatic heterocycles. The fourth-order valence-corrected chi connectivity index (χ4v) is 3.42. The van der Waals surface area contributed by atoms with Crippen molar-refractivity contribution in [2.45, 2.75) is 24.8 Å². The molecule has 1 aromatic rings. The van der Waals surface area contributed by atoms with Gasteiger partial charge in [-0.05, 0) is 18.1 Å². The molecule has 6 heteroatoms. The minimum Gasteiger partial charge on any atom is -0.263 e. The van der Waals surface area contributed by atoms with Gasteiger partial charge >= 0.3 is 0 Å². The number of nitrogens with one attached hydrogen (secondary N) is 1. The van der Waals surface area contributed by atoms with Crippen molar-refractivity contribution in [3.05, 3.63) is 29.8 Å². The zero-order valence-corrected chi connectivity index (χ0v) is 11.8. The number of alkyl halides is 1. The van der Waals surface area contributed by atoms with E-state index in [1.165, 1.54) is 0 Å². The molecule has 0 amide bonds. The number of benzene rings is 1. The summed E-state index contributed by atoms with van der Waals surface area (Å²) < 4.78 is 26.2. The number of amidine groups is 1. The van der Waals surface area contributed by atoms with Crippen LogP contribution in [0.5, 0.6) is 0 Å². The van der Waals surface area contributed by atoms with Gasteiger partial charge < -0.3 is 0 Å². The summed E-state index contributed by atoms with van der Waals surface area (Å²) in [5, 5.41) is 0. The van der Waals surface area contributed by atoms with Crippen LogP contribution in [-0.2, 0) is 10.0 Å². The van der Waals surface area contributed by atoms with Crippen molar-refractivity contribution in [2.75, 3.05) is 5.88 Å². The number of halogens is 1. The van der Waals surface area contributed by atoms with E-state index < -0.39 is 10.0 Å². The van der Waals surface area contributed by atoms with Crippen LogP contribution < -0.4 is 4.72 Å². The Kier molecular flexibility index (Phi) is 3.64. The number of hydrogen-bond acceptors (Lipinski definition) is 3. The first-order valence-electron chi connectivity index (χ1n) is 5.71. The fraction of sp³-hybridized carbons (Fsp3) is 0.417. The van der Waals surface area contributed by atoms with Crippen molar-refractivity contribution in [2.24, 2.45) is 10.9 Å². The molecular formula is C12H15ClN2O2S.